The maximum atomic E-state index is 6.14. The number of halogens is 3. The molecule has 116 valence electrons. The summed E-state index contributed by atoms with van der Waals surface area (Å²) < 4.78 is 0.0710. The van der Waals surface area contributed by atoms with Gasteiger partial charge in [-0.15, -0.1) is 5.10 Å². The van der Waals surface area contributed by atoms with Crippen LogP contribution in [0.15, 0.2) is 54.6 Å². The molecule has 0 aliphatic carbocycles. The van der Waals surface area contributed by atoms with Gasteiger partial charge >= 0.3 is 0 Å². The number of hydrogen-bond acceptors (Lipinski definition) is 3. The monoisotopic (exact) mass is 364 g/mol. The molecule has 3 aromatic rings. The lowest BCUT2D eigenvalue weighted by molar-refractivity contribution is 0.510. The Morgan fingerprint density at radius 3 is 2.39 bits per heavy atom. The van der Waals surface area contributed by atoms with Crippen LogP contribution in [-0.4, -0.2) is 18.6 Å². The molecule has 4 nitrogen and oxygen atoms in total. The number of anilines is 1. The van der Waals surface area contributed by atoms with Gasteiger partial charge in [0.1, 0.15) is 0 Å². The normalized spacial score (nSPS) is 16.4. The first-order valence-corrected chi connectivity index (χ1v) is 8.12. The molecule has 4 rings (SSSR count). The minimum absolute atomic E-state index is 0.596. The van der Waals surface area contributed by atoms with Crippen molar-refractivity contribution in [2.45, 2.75) is 9.96 Å². The van der Waals surface area contributed by atoms with Crippen molar-refractivity contribution in [3.05, 3.63) is 54.6 Å². The third-order valence-electron chi connectivity index (χ3n) is 3.68. The fourth-order valence-electron chi connectivity index (χ4n) is 2.63. The predicted octanol–water partition coefficient (Wildman–Crippen LogP) is 4.91. The first-order valence-electron chi connectivity index (χ1n) is 6.98. The van der Waals surface area contributed by atoms with Crippen molar-refractivity contribution in [1.82, 2.24) is 14.8 Å². The van der Waals surface area contributed by atoms with Gasteiger partial charge in [0.15, 0.2) is 17.8 Å². The zero-order valence-corrected chi connectivity index (χ0v) is 14.0. The number of fused-ring (bicyclic) bond motifs is 3. The van der Waals surface area contributed by atoms with Crippen LogP contribution in [0.5, 0.6) is 0 Å². The Balaban J connectivity index is 1.92. The lowest BCUT2D eigenvalue weighted by Gasteiger charge is -2.32. The van der Waals surface area contributed by atoms with Crippen LogP contribution in [0.25, 0.3) is 22.8 Å². The molecule has 1 aliphatic rings. The number of alkyl halides is 3. The summed E-state index contributed by atoms with van der Waals surface area (Å²) in [6, 6.07) is 17.5. The molecule has 1 aliphatic heterocycles. The van der Waals surface area contributed by atoms with Crippen LogP contribution < -0.4 is 5.32 Å². The Bertz CT molecular complexity index is 855. The van der Waals surface area contributed by atoms with Gasteiger partial charge in [-0.1, -0.05) is 77.3 Å². The number of hydrogen-bond donors (Lipinski definition) is 1. The van der Waals surface area contributed by atoms with Crippen molar-refractivity contribution in [3.8, 4) is 22.8 Å². The van der Waals surface area contributed by atoms with E-state index < -0.39 is 9.96 Å². The SMILES string of the molecule is ClC(Cl)(Cl)[C@@H]1Nc2ccccc2-c2nc(-c3ccccc3)nn21. The predicted molar refractivity (Wildman–Crippen MR) is 93.8 cm³/mol. The molecular weight excluding hydrogens is 355 g/mol. The zero-order chi connectivity index (χ0) is 16.0. The fraction of sp³-hybridized carbons (Fsp3) is 0.125. The second kappa shape index (κ2) is 5.41. The maximum absolute atomic E-state index is 6.14. The van der Waals surface area contributed by atoms with E-state index in [0.29, 0.717) is 11.6 Å². The number of benzene rings is 2. The van der Waals surface area contributed by atoms with Crippen molar-refractivity contribution >= 4 is 40.5 Å². The van der Waals surface area contributed by atoms with Gasteiger partial charge in [0.2, 0.25) is 3.79 Å². The largest absolute Gasteiger partial charge is 0.360 e. The third-order valence-corrected chi connectivity index (χ3v) is 4.30. The molecule has 0 saturated heterocycles. The highest BCUT2D eigenvalue weighted by molar-refractivity contribution is 6.68. The van der Waals surface area contributed by atoms with E-state index in [-0.39, 0.29) is 0 Å². The summed E-state index contributed by atoms with van der Waals surface area (Å²) in [5.74, 6) is 1.27. The average molecular weight is 366 g/mol. The van der Waals surface area contributed by atoms with E-state index in [0.717, 1.165) is 16.8 Å². The highest BCUT2D eigenvalue weighted by atomic mass is 35.6. The molecular formula is C16H11Cl3N4. The van der Waals surface area contributed by atoms with Crippen LogP contribution in [0.3, 0.4) is 0 Å². The van der Waals surface area contributed by atoms with E-state index in [4.69, 9.17) is 34.8 Å². The summed E-state index contributed by atoms with van der Waals surface area (Å²) in [6.07, 6.45) is -0.637. The number of rotatable bonds is 1. The number of nitrogens with zero attached hydrogens (tertiary/aromatic N) is 3. The first kappa shape index (κ1) is 14.8. The van der Waals surface area contributed by atoms with Crippen molar-refractivity contribution in [2.75, 3.05) is 5.32 Å². The summed E-state index contributed by atoms with van der Waals surface area (Å²) in [5, 5.41) is 7.78. The molecule has 1 N–H and O–H groups in total. The molecule has 2 aromatic carbocycles. The van der Waals surface area contributed by atoms with Gasteiger partial charge in [-0.25, -0.2) is 9.67 Å². The summed E-state index contributed by atoms with van der Waals surface area (Å²) >= 11 is 18.4. The van der Waals surface area contributed by atoms with E-state index in [2.05, 4.69) is 15.4 Å². The van der Waals surface area contributed by atoms with E-state index in [9.17, 15) is 0 Å². The molecule has 23 heavy (non-hydrogen) atoms. The average Bonchev–Trinajstić information content (AvgIpc) is 2.99. The summed E-state index contributed by atoms with van der Waals surface area (Å²) in [6.45, 7) is 0. The minimum Gasteiger partial charge on any atom is -0.360 e. The Morgan fingerprint density at radius 1 is 0.957 bits per heavy atom. The van der Waals surface area contributed by atoms with Crippen LogP contribution in [0.1, 0.15) is 6.17 Å². The smallest absolute Gasteiger partial charge is 0.230 e. The number of aromatic nitrogens is 3. The second-order valence-corrected chi connectivity index (χ2v) is 7.57. The van der Waals surface area contributed by atoms with Crippen LogP contribution in [0, 0.1) is 0 Å². The summed E-state index contributed by atoms with van der Waals surface area (Å²) in [4.78, 5) is 4.66. The molecule has 0 unspecified atom stereocenters. The lowest BCUT2D eigenvalue weighted by Crippen LogP contribution is -2.34. The molecule has 0 amide bonds. The van der Waals surface area contributed by atoms with Crippen LogP contribution >= 0.6 is 34.8 Å². The molecule has 0 spiro atoms. The van der Waals surface area contributed by atoms with E-state index >= 15 is 0 Å². The Morgan fingerprint density at radius 2 is 1.65 bits per heavy atom. The van der Waals surface area contributed by atoms with E-state index in [1.165, 1.54) is 0 Å². The van der Waals surface area contributed by atoms with Gasteiger partial charge < -0.3 is 5.32 Å². The highest BCUT2D eigenvalue weighted by Gasteiger charge is 2.40. The Labute approximate surface area is 148 Å². The molecule has 7 heteroatoms. The second-order valence-electron chi connectivity index (χ2n) is 5.20. The zero-order valence-electron chi connectivity index (χ0n) is 11.7. The first-order chi connectivity index (χ1) is 11.0. The molecule has 0 bridgehead atoms. The van der Waals surface area contributed by atoms with E-state index in [1.54, 1.807) is 4.68 Å². The Kier molecular flexibility index (Phi) is 3.48. The van der Waals surface area contributed by atoms with Crippen LogP contribution in [0.2, 0.25) is 0 Å². The lowest BCUT2D eigenvalue weighted by atomic mass is 10.1. The number of para-hydroxylation sites is 1. The van der Waals surface area contributed by atoms with Crippen molar-refractivity contribution in [3.63, 3.8) is 0 Å². The van der Waals surface area contributed by atoms with Crippen molar-refractivity contribution < 1.29 is 0 Å². The van der Waals surface area contributed by atoms with Gasteiger partial charge in [0.25, 0.3) is 0 Å². The van der Waals surface area contributed by atoms with Gasteiger partial charge in [0, 0.05) is 16.8 Å². The number of nitrogens with one attached hydrogen (secondary N) is 1. The highest BCUT2D eigenvalue weighted by Crippen LogP contribution is 2.45. The Hall–Kier alpha value is -1.75. The standard InChI is InChI=1S/C16H11Cl3N4/c17-16(18,19)15-20-12-9-5-4-8-11(12)14-21-13(22-23(14)15)10-6-2-1-3-7-10/h1-9,15,20H/t15-/m1/s1. The topological polar surface area (TPSA) is 42.7 Å². The van der Waals surface area contributed by atoms with Gasteiger partial charge in [0.05, 0.1) is 0 Å². The van der Waals surface area contributed by atoms with Gasteiger partial charge in [-0.2, -0.15) is 0 Å². The quantitative estimate of drug-likeness (QED) is 0.623. The summed E-state index contributed by atoms with van der Waals surface area (Å²) in [7, 11) is 0. The molecule has 1 aromatic heterocycles. The van der Waals surface area contributed by atoms with Crippen molar-refractivity contribution in [1.29, 1.82) is 0 Å². The molecule has 0 saturated carbocycles. The maximum Gasteiger partial charge on any atom is 0.230 e. The fourth-order valence-corrected chi connectivity index (χ4v) is 3.07. The molecule has 1 atom stereocenters. The van der Waals surface area contributed by atoms with Gasteiger partial charge in [-0.05, 0) is 12.1 Å². The van der Waals surface area contributed by atoms with Crippen LogP contribution in [0.4, 0.5) is 5.69 Å². The van der Waals surface area contributed by atoms with E-state index in [1.807, 2.05) is 54.6 Å². The third kappa shape index (κ3) is 2.57. The van der Waals surface area contributed by atoms with Gasteiger partial charge in [-0.3, -0.25) is 0 Å². The molecule has 0 radical (unpaired) electrons. The molecule has 2 heterocycles. The van der Waals surface area contributed by atoms with Crippen LogP contribution in [-0.2, 0) is 0 Å². The minimum atomic E-state index is -1.57. The van der Waals surface area contributed by atoms with Crippen molar-refractivity contribution in [2.24, 2.45) is 0 Å². The molecule has 0 fully saturated rings. The summed E-state index contributed by atoms with van der Waals surface area (Å²) in [5.41, 5.74) is 2.70.